The highest BCUT2D eigenvalue weighted by Crippen LogP contribution is 2.08. The number of hydrogen-bond donors (Lipinski definition) is 1. The van der Waals surface area contributed by atoms with Gasteiger partial charge in [0.1, 0.15) is 0 Å². The highest BCUT2D eigenvalue weighted by atomic mass is 32.2. The number of unbranched alkanes of at least 4 members (excludes halogenated alkanes) is 1. The van der Waals surface area contributed by atoms with E-state index in [4.69, 9.17) is 4.74 Å². The number of methoxy groups -OCH3 is 1. The summed E-state index contributed by atoms with van der Waals surface area (Å²) in [5.74, 6) is 0.313. The summed E-state index contributed by atoms with van der Waals surface area (Å²) in [4.78, 5) is 0. The zero-order valence-electron chi connectivity index (χ0n) is 10.7. The monoisotopic (exact) mass is 251 g/mol. The van der Waals surface area contributed by atoms with Gasteiger partial charge < -0.3 is 10.1 Å². The van der Waals surface area contributed by atoms with E-state index in [2.05, 4.69) is 5.32 Å². The van der Waals surface area contributed by atoms with E-state index in [1.165, 1.54) is 0 Å². The summed E-state index contributed by atoms with van der Waals surface area (Å²) in [7, 11) is -1.19. The van der Waals surface area contributed by atoms with E-state index in [9.17, 15) is 8.42 Å². The first-order valence-corrected chi connectivity index (χ1v) is 7.67. The number of nitrogens with one attached hydrogen (secondary N) is 1. The molecule has 0 aliphatic rings. The molecule has 1 N–H and O–H groups in total. The van der Waals surface area contributed by atoms with Crippen molar-refractivity contribution in [2.24, 2.45) is 0 Å². The van der Waals surface area contributed by atoms with Gasteiger partial charge >= 0.3 is 0 Å². The van der Waals surface area contributed by atoms with Gasteiger partial charge in [0.25, 0.3) is 0 Å². The average molecular weight is 251 g/mol. The van der Waals surface area contributed by atoms with Crippen molar-refractivity contribution in [3.63, 3.8) is 0 Å². The Kier molecular flexibility index (Phi) is 8.89. The highest BCUT2D eigenvalue weighted by molar-refractivity contribution is 7.91. The first-order valence-electron chi connectivity index (χ1n) is 5.95. The summed E-state index contributed by atoms with van der Waals surface area (Å²) in [6, 6.07) is 0. The smallest absolute Gasteiger partial charge is 0.152 e. The minimum Gasteiger partial charge on any atom is -0.383 e. The summed E-state index contributed by atoms with van der Waals surface area (Å²) in [6.45, 7) is 6.08. The van der Waals surface area contributed by atoms with E-state index in [1.807, 2.05) is 6.92 Å². The molecular formula is C11H25NO3S. The van der Waals surface area contributed by atoms with Crippen LogP contribution in [0.1, 0.15) is 33.1 Å². The topological polar surface area (TPSA) is 55.4 Å². The minimum atomic E-state index is -2.86. The van der Waals surface area contributed by atoms with Crippen LogP contribution in [0.5, 0.6) is 0 Å². The standard InChI is InChI=1S/C11H25NO3S/c1-4-11(2)16(13,14)10-6-5-7-12-8-9-15-3/h11-12H,4-10H2,1-3H3. The first kappa shape index (κ1) is 15.9. The summed E-state index contributed by atoms with van der Waals surface area (Å²) in [5.41, 5.74) is 0. The van der Waals surface area contributed by atoms with Crippen molar-refractivity contribution in [3.05, 3.63) is 0 Å². The maximum absolute atomic E-state index is 11.7. The second kappa shape index (κ2) is 8.96. The number of sulfone groups is 1. The van der Waals surface area contributed by atoms with Gasteiger partial charge in [-0.1, -0.05) is 6.92 Å². The normalized spacial score (nSPS) is 13.9. The number of ether oxygens (including phenoxy) is 1. The summed E-state index contributed by atoms with van der Waals surface area (Å²) in [5, 5.41) is 3.00. The molecule has 0 fully saturated rings. The van der Waals surface area contributed by atoms with Crippen LogP contribution >= 0.6 is 0 Å². The molecule has 0 bridgehead atoms. The zero-order chi connectivity index (χ0) is 12.4. The lowest BCUT2D eigenvalue weighted by molar-refractivity contribution is 0.199. The van der Waals surface area contributed by atoms with Crippen LogP contribution in [0.15, 0.2) is 0 Å². The van der Waals surface area contributed by atoms with Gasteiger partial charge in [-0.05, 0) is 32.7 Å². The van der Waals surface area contributed by atoms with Crippen molar-refractivity contribution in [1.82, 2.24) is 5.32 Å². The molecule has 0 aromatic rings. The van der Waals surface area contributed by atoms with Crippen LogP contribution < -0.4 is 5.32 Å². The molecule has 0 aliphatic carbocycles. The molecule has 4 nitrogen and oxygen atoms in total. The SMILES string of the molecule is CCC(C)S(=O)(=O)CCCCNCCOC. The predicted molar refractivity (Wildman–Crippen MR) is 67.5 cm³/mol. The van der Waals surface area contributed by atoms with Crippen LogP contribution in [-0.4, -0.2) is 46.2 Å². The molecule has 0 rings (SSSR count). The third-order valence-electron chi connectivity index (χ3n) is 2.70. The summed E-state index contributed by atoms with van der Waals surface area (Å²) in [6.07, 6.45) is 2.35. The van der Waals surface area contributed by atoms with Crippen LogP contribution in [0.3, 0.4) is 0 Å². The van der Waals surface area contributed by atoms with E-state index < -0.39 is 9.84 Å². The molecule has 0 saturated heterocycles. The molecule has 0 aromatic heterocycles. The molecule has 0 radical (unpaired) electrons. The van der Waals surface area contributed by atoms with Gasteiger partial charge in [0.2, 0.25) is 0 Å². The van der Waals surface area contributed by atoms with Gasteiger partial charge in [-0.3, -0.25) is 0 Å². The second-order valence-electron chi connectivity index (χ2n) is 4.04. The van der Waals surface area contributed by atoms with Gasteiger partial charge in [-0.25, -0.2) is 8.42 Å². The van der Waals surface area contributed by atoms with Crippen LogP contribution in [0.25, 0.3) is 0 Å². The molecule has 98 valence electrons. The van der Waals surface area contributed by atoms with Gasteiger partial charge in [0.05, 0.1) is 17.6 Å². The van der Waals surface area contributed by atoms with E-state index in [0.717, 1.165) is 25.9 Å². The Labute approximate surface area is 99.7 Å². The Morgan fingerprint density at radius 1 is 1.25 bits per heavy atom. The van der Waals surface area contributed by atoms with E-state index in [-0.39, 0.29) is 5.25 Å². The Hall–Kier alpha value is -0.130. The van der Waals surface area contributed by atoms with Crippen LogP contribution in [0.2, 0.25) is 0 Å². The van der Waals surface area contributed by atoms with Crippen molar-refractivity contribution in [1.29, 1.82) is 0 Å². The largest absolute Gasteiger partial charge is 0.383 e. The van der Waals surface area contributed by atoms with Gasteiger partial charge in [-0.15, -0.1) is 0 Å². The third kappa shape index (κ3) is 7.19. The molecule has 0 aromatic carbocycles. The first-order chi connectivity index (χ1) is 7.54. The molecule has 0 amide bonds. The maximum Gasteiger partial charge on any atom is 0.152 e. The third-order valence-corrected chi connectivity index (χ3v) is 5.12. The Balaban J connectivity index is 3.51. The average Bonchev–Trinajstić information content (AvgIpc) is 2.26. The zero-order valence-corrected chi connectivity index (χ0v) is 11.5. The Bertz CT molecular complexity index is 252. The molecule has 0 heterocycles. The van der Waals surface area contributed by atoms with Crippen molar-refractivity contribution >= 4 is 9.84 Å². The van der Waals surface area contributed by atoms with Crippen LogP contribution in [0.4, 0.5) is 0 Å². The van der Waals surface area contributed by atoms with Crippen LogP contribution in [-0.2, 0) is 14.6 Å². The van der Waals surface area contributed by atoms with Crippen molar-refractivity contribution in [3.8, 4) is 0 Å². The lowest BCUT2D eigenvalue weighted by atomic mass is 10.3. The van der Waals surface area contributed by atoms with Gasteiger partial charge in [0.15, 0.2) is 9.84 Å². The molecular weight excluding hydrogens is 226 g/mol. The fourth-order valence-electron chi connectivity index (χ4n) is 1.31. The fraction of sp³-hybridized carbons (Fsp3) is 1.00. The predicted octanol–water partition coefficient (Wildman–Crippen LogP) is 1.22. The quantitative estimate of drug-likeness (QED) is 0.593. The van der Waals surface area contributed by atoms with E-state index in [0.29, 0.717) is 18.8 Å². The molecule has 0 spiro atoms. The van der Waals surface area contributed by atoms with Gasteiger partial charge in [0, 0.05) is 13.7 Å². The number of rotatable bonds is 10. The Morgan fingerprint density at radius 3 is 2.50 bits per heavy atom. The molecule has 0 saturated carbocycles. The second-order valence-corrected chi connectivity index (χ2v) is 6.57. The maximum atomic E-state index is 11.7. The summed E-state index contributed by atoms with van der Waals surface area (Å²) < 4.78 is 28.2. The molecule has 5 heteroatoms. The van der Waals surface area contributed by atoms with Crippen molar-refractivity contribution in [2.75, 3.05) is 32.6 Å². The highest BCUT2D eigenvalue weighted by Gasteiger charge is 2.17. The lowest BCUT2D eigenvalue weighted by Gasteiger charge is -2.10. The minimum absolute atomic E-state index is 0.200. The Morgan fingerprint density at radius 2 is 1.94 bits per heavy atom. The summed E-state index contributed by atoms with van der Waals surface area (Å²) >= 11 is 0. The van der Waals surface area contributed by atoms with E-state index >= 15 is 0 Å². The van der Waals surface area contributed by atoms with Crippen molar-refractivity contribution in [2.45, 2.75) is 38.4 Å². The fourth-order valence-corrected chi connectivity index (χ4v) is 2.82. The number of hydrogen-bond acceptors (Lipinski definition) is 4. The molecule has 16 heavy (non-hydrogen) atoms. The van der Waals surface area contributed by atoms with E-state index in [1.54, 1.807) is 14.0 Å². The lowest BCUT2D eigenvalue weighted by Crippen LogP contribution is -2.23. The molecule has 1 unspecified atom stereocenters. The van der Waals surface area contributed by atoms with Crippen LogP contribution in [0, 0.1) is 0 Å². The molecule has 1 atom stereocenters. The molecule has 0 aliphatic heterocycles. The van der Waals surface area contributed by atoms with Crippen molar-refractivity contribution < 1.29 is 13.2 Å². The van der Waals surface area contributed by atoms with Gasteiger partial charge in [-0.2, -0.15) is 0 Å².